The maximum atomic E-state index is 11.8. The minimum atomic E-state index is -3.30. The van der Waals surface area contributed by atoms with Gasteiger partial charge >= 0.3 is 0 Å². The molecular weight excluding hydrogens is 400 g/mol. The van der Waals surface area contributed by atoms with Crippen molar-refractivity contribution in [1.82, 2.24) is 15.3 Å². The first kappa shape index (κ1) is 20.7. The number of H-pyrrole nitrogens is 1. The van der Waals surface area contributed by atoms with Crippen molar-refractivity contribution in [2.24, 2.45) is 5.41 Å². The van der Waals surface area contributed by atoms with E-state index in [1.807, 2.05) is 36.5 Å². The molecule has 30 heavy (non-hydrogen) atoms. The van der Waals surface area contributed by atoms with Crippen LogP contribution < -0.4 is 14.4 Å². The smallest absolute Gasteiger partial charge is 0.231 e. The van der Waals surface area contributed by atoms with Crippen LogP contribution in [-0.2, 0) is 10.0 Å². The van der Waals surface area contributed by atoms with Gasteiger partial charge in [-0.2, -0.15) is 0 Å². The van der Waals surface area contributed by atoms with Gasteiger partial charge in [-0.15, -0.1) is 0 Å². The molecule has 1 aromatic carbocycles. The molecule has 8 heteroatoms. The van der Waals surface area contributed by atoms with Crippen molar-refractivity contribution in [2.75, 3.05) is 37.3 Å². The molecule has 7 nitrogen and oxygen atoms in total. The lowest BCUT2D eigenvalue weighted by Crippen LogP contribution is -2.38. The fourth-order valence-corrected chi connectivity index (χ4v) is 4.35. The molecule has 0 bridgehead atoms. The van der Waals surface area contributed by atoms with Gasteiger partial charge in [0.05, 0.1) is 23.9 Å². The molecule has 0 spiro atoms. The summed E-state index contributed by atoms with van der Waals surface area (Å²) in [5.74, 6) is 0.813. The van der Waals surface area contributed by atoms with E-state index in [-0.39, 0.29) is 5.41 Å². The quantitative estimate of drug-likeness (QED) is 0.628. The lowest BCUT2D eigenvalue weighted by atomic mass is 9.82. The van der Waals surface area contributed by atoms with Gasteiger partial charge in [0.1, 0.15) is 11.4 Å². The Hall–Kier alpha value is -2.58. The summed E-state index contributed by atoms with van der Waals surface area (Å²) in [7, 11) is -1.75. The first-order valence-corrected chi connectivity index (χ1v) is 12.0. The standard InChI is InChI=1S/C22H28N4O3S/c1-22(9-12-23-13-10-22)15-29-19-8-11-24-21-20(19)18(14-25-21)16-4-6-17(7-5-16)26(2)30(3,27)28/h4-8,11,14,23H,9-10,12-13,15H2,1-3H3,(H,24,25). The summed E-state index contributed by atoms with van der Waals surface area (Å²) in [4.78, 5) is 7.67. The third-order valence-corrected chi connectivity index (χ3v) is 7.17. The van der Waals surface area contributed by atoms with E-state index in [0.29, 0.717) is 12.3 Å². The molecule has 2 aromatic heterocycles. The molecular formula is C22H28N4O3S. The van der Waals surface area contributed by atoms with Crippen LogP contribution in [0, 0.1) is 5.41 Å². The molecule has 3 aromatic rings. The molecule has 0 radical (unpaired) electrons. The lowest BCUT2D eigenvalue weighted by molar-refractivity contribution is 0.124. The van der Waals surface area contributed by atoms with Crippen molar-refractivity contribution >= 4 is 26.7 Å². The van der Waals surface area contributed by atoms with Crippen LogP contribution in [0.2, 0.25) is 0 Å². The maximum absolute atomic E-state index is 11.8. The van der Waals surface area contributed by atoms with Crippen LogP contribution in [0.5, 0.6) is 5.75 Å². The van der Waals surface area contributed by atoms with E-state index in [1.165, 1.54) is 10.6 Å². The molecule has 1 saturated heterocycles. The van der Waals surface area contributed by atoms with Crippen molar-refractivity contribution in [2.45, 2.75) is 19.8 Å². The Kier molecular flexibility index (Phi) is 5.46. The van der Waals surface area contributed by atoms with Crippen LogP contribution in [0.4, 0.5) is 5.69 Å². The number of ether oxygens (including phenoxy) is 1. The van der Waals surface area contributed by atoms with Crippen LogP contribution in [0.15, 0.2) is 42.7 Å². The number of sulfonamides is 1. The number of fused-ring (bicyclic) bond motifs is 1. The Morgan fingerprint density at radius 1 is 1.17 bits per heavy atom. The van der Waals surface area contributed by atoms with Crippen LogP contribution in [0.3, 0.4) is 0 Å². The van der Waals surface area contributed by atoms with Crippen molar-refractivity contribution in [3.8, 4) is 16.9 Å². The lowest BCUT2D eigenvalue weighted by Gasteiger charge is -2.33. The number of piperidine rings is 1. The van der Waals surface area contributed by atoms with Gasteiger partial charge < -0.3 is 15.0 Å². The number of rotatable bonds is 6. The molecule has 2 N–H and O–H groups in total. The molecule has 0 unspecified atom stereocenters. The number of nitrogens with zero attached hydrogens (tertiary/aromatic N) is 2. The SMILES string of the molecule is CN(c1ccc(-c2c[nH]c3nccc(OCC4(C)CCNCC4)c23)cc1)S(C)(=O)=O. The van der Waals surface area contributed by atoms with Gasteiger partial charge in [0.15, 0.2) is 0 Å². The molecule has 3 heterocycles. The molecule has 0 saturated carbocycles. The van der Waals surface area contributed by atoms with E-state index < -0.39 is 10.0 Å². The Morgan fingerprint density at radius 2 is 1.87 bits per heavy atom. The summed E-state index contributed by atoms with van der Waals surface area (Å²) in [6.45, 7) is 4.99. The highest BCUT2D eigenvalue weighted by Crippen LogP contribution is 2.37. The van der Waals surface area contributed by atoms with Gasteiger partial charge in [0.2, 0.25) is 10.0 Å². The van der Waals surface area contributed by atoms with Gasteiger partial charge in [0.25, 0.3) is 0 Å². The first-order chi connectivity index (χ1) is 14.3. The highest BCUT2D eigenvalue weighted by molar-refractivity contribution is 7.92. The number of anilines is 1. The van der Waals surface area contributed by atoms with Gasteiger partial charge in [-0.3, -0.25) is 4.31 Å². The fourth-order valence-electron chi connectivity index (χ4n) is 3.84. The van der Waals surface area contributed by atoms with E-state index in [2.05, 4.69) is 22.2 Å². The Labute approximate surface area is 177 Å². The summed E-state index contributed by atoms with van der Waals surface area (Å²) in [6.07, 6.45) is 7.06. The number of aromatic amines is 1. The second-order valence-corrected chi connectivity index (χ2v) is 10.4. The molecule has 1 aliphatic rings. The molecule has 1 fully saturated rings. The Balaban J connectivity index is 1.64. The van der Waals surface area contributed by atoms with Crippen LogP contribution >= 0.6 is 0 Å². The summed E-state index contributed by atoms with van der Waals surface area (Å²) in [5.41, 5.74) is 3.51. The highest BCUT2D eigenvalue weighted by atomic mass is 32.2. The van der Waals surface area contributed by atoms with E-state index in [4.69, 9.17) is 4.74 Å². The number of aromatic nitrogens is 2. The second kappa shape index (κ2) is 7.92. The zero-order valence-electron chi connectivity index (χ0n) is 17.6. The monoisotopic (exact) mass is 428 g/mol. The number of hydrogen-bond donors (Lipinski definition) is 2. The number of benzene rings is 1. The normalized spacial score (nSPS) is 16.5. The molecule has 0 aliphatic carbocycles. The number of pyridine rings is 1. The zero-order valence-corrected chi connectivity index (χ0v) is 18.4. The molecule has 1 aliphatic heterocycles. The second-order valence-electron chi connectivity index (χ2n) is 8.36. The van der Waals surface area contributed by atoms with Crippen molar-refractivity contribution in [1.29, 1.82) is 0 Å². The number of nitrogens with one attached hydrogen (secondary N) is 2. The topological polar surface area (TPSA) is 87.3 Å². The van der Waals surface area contributed by atoms with E-state index in [0.717, 1.165) is 53.8 Å². The predicted octanol–water partition coefficient (Wildman–Crippen LogP) is 3.39. The van der Waals surface area contributed by atoms with E-state index >= 15 is 0 Å². The minimum absolute atomic E-state index is 0.162. The third kappa shape index (κ3) is 4.15. The maximum Gasteiger partial charge on any atom is 0.231 e. The van der Waals surface area contributed by atoms with Crippen molar-refractivity contribution in [3.05, 3.63) is 42.7 Å². The Morgan fingerprint density at radius 3 is 2.53 bits per heavy atom. The fraction of sp³-hybridized carbons (Fsp3) is 0.409. The van der Waals surface area contributed by atoms with Crippen LogP contribution in [0.25, 0.3) is 22.2 Å². The van der Waals surface area contributed by atoms with Crippen LogP contribution in [0.1, 0.15) is 19.8 Å². The molecule has 0 atom stereocenters. The summed E-state index contributed by atoms with van der Waals surface area (Å²) in [5, 5.41) is 4.35. The highest BCUT2D eigenvalue weighted by Gasteiger charge is 2.28. The van der Waals surface area contributed by atoms with Gasteiger partial charge in [-0.05, 0) is 49.7 Å². The average Bonchev–Trinajstić information content (AvgIpc) is 3.16. The van der Waals surface area contributed by atoms with Gasteiger partial charge in [-0.1, -0.05) is 19.1 Å². The summed E-state index contributed by atoms with van der Waals surface area (Å²) in [6, 6.07) is 9.37. The molecule has 160 valence electrons. The third-order valence-electron chi connectivity index (χ3n) is 5.96. The summed E-state index contributed by atoms with van der Waals surface area (Å²) >= 11 is 0. The largest absolute Gasteiger partial charge is 0.492 e. The van der Waals surface area contributed by atoms with E-state index in [1.54, 1.807) is 13.2 Å². The first-order valence-electron chi connectivity index (χ1n) is 10.1. The van der Waals surface area contributed by atoms with Crippen molar-refractivity contribution in [3.63, 3.8) is 0 Å². The van der Waals surface area contributed by atoms with Gasteiger partial charge in [-0.25, -0.2) is 13.4 Å². The minimum Gasteiger partial charge on any atom is -0.492 e. The zero-order chi connectivity index (χ0) is 21.4. The van der Waals surface area contributed by atoms with Crippen LogP contribution in [-0.4, -0.2) is 51.4 Å². The average molecular weight is 429 g/mol. The Bertz CT molecular complexity index is 1130. The predicted molar refractivity (Wildman–Crippen MR) is 120 cm³/mol. The molecule has 4 rings (SSSR count). The molecule has 0 amide bonds. The van der Waals surface area contributed by atoms with Crippen molar-refractivity contribution < 1.29 is 13.2 Å². The number of hydrogen-bond acceptors (Lipinski definition) is 5. The van der Waals surface area contributed by atoms with Gasteiger partial charge in [0, 0.05) is 30.4 Å². The summed E-state index contributed by atoms with van der Waals surface area (Å²) < 4.78 is 31.1. The van der Waals surface area contributed by atoms with E-state index in [9.17, 15) is 8.42 Å².